The van der Waals surface area contributed by atoms with Gasteiger partial charge in [-0.05, 0) is 39.3 Å². The number of aryl methyl sites for hydroxylation is 2. The molecular weight excluding hydrogens is 362 g/mol. The average molecular weight is 385 g/mol. The van der Waals surface area contributed by atoms with Gasteiger partial charge in [0.05, 0.1) is 12.2 Å². The molecule has 0 saturated carbocycles. The number of amides is 1. The predicted molar refractivity (Wildman–Crippen MR) is 106 cm³/mol. The van der Waals surface area contributed by atoms with Gasteiger partial charge in [0.1, 0.15) is 9.71 Å². The van der Waals surface area contributed by atoms with Crippen molar-refractivity contribution in [2.75, 3.05) is 6.54 Å². The van der Waals surface area contributed by atoms with Gasteiger partial charge in [-0.25, -0.2) is 4.79 Å². The molecule has 3 rings (SSSR count). The van der Waals surface area contributed by atoms with E-state index in [1.165, 1.54) is 16.9 Å². The number of carbonyl (C=O) groups is 2. The minimum atomic E-state index is -0.826. The number of thiophene rings is 1. The summed E-state index contributed by atoms with van der Waals surface area (Å²) < 4.78 is 7.20. The molecular formula is C20H23N3O3S. The van der Waals surface area contributed by atoms with E-state index in [0.29, 0.717) is 18.0 Å². The molecule has 27 heavy (non-hydrogen) atoms. The number of fused-ring (bicyclic) bond motifs is 1. The van der Waals surface area contributed by atoms with Crippen molar-refractivity contribution in [2.24, 2.45) is 0 Å². The van der Waals surface area contributed by atoms with E-state index in [-0.39, 0.29) is 5.91 Å². The van der Waals surface area contributed by atoms with Crippen molar-refractivity contribution in [1.82, 2.24) is 15.1 Å². The van der Waals surface area contributed by atoms with Crippen molar-refractivity contribution in [1.29, 1.82) is 0 Å². The van der Waals surface area contributed by atoms with E-state index in [1.807, 2.05) is 18.5 Å². The molecule has 2 aromatic heterocycles. The molecule has 1 atom stereocenters. The van der Waals surface area contributed by atoms with Crippen LogP contribution < -0.4 is 5.32 Å². The Labute approximate surface area is 162 Å². The number of benzene rings is 1. The summed E-state index contributed by atoms with van der Waals surface area (Å²) in [6, 6.07) is 10.1. The standard InChI is InChI=1S/C20H23N3O3S/c1-5-21-18(24)14(4)26-20(25)17-10-16-13(3)22-23(19(16)27-17)11-15-8-6-12(2)7-9-15/h6-10,14H,5,11H2,1-4H3,(H,21,24)/t14-/m1/s1. The van der Waals surface area contributed by atoms with Crippen molar-refractivity contribution in [3.05, 3.63) is 52.0 Å². The van der Waals surface area contributed by atoms with Crippen molar-refractivity contribution < 1.29 is 14.3 Å². The lowest BCUT2D eigenvalue weighted by atomic mass is 10.1. The molecule has 3 aromatic rings. The van der Waals surface area contributed by atoms with Crippen LogP contribution in [-0.2, 0) is 16.1 Å². The predicted octanol–water partition coefficient (Wildman–Crippen LogP) is 3.44. The molecule has 0 radical (unpaired) electrons. The second-order valence-corrected chi connectivity index (χ2v) is 7.53. The maximum atomic E-state index is 12.4. The van der Waals surface area contributed by atoms with Gasteiger partial charge in [-0.15, -0.1) is 11.3 Å². The molecule has 1 amide bonds. The van der Waals surface area contributed by atoms with E-state index in [9.17, 15) is 9.59 Å². The number of esters is 1. The highest BCUT2D eigenvalue weighted by atomic mass is 32.1. The highest BCUT2D eigenvalue weighted by Gasteiger charge is 2.22. The van der Waals surface area contributed by atoms with Gasteiger partial charge in [0.25, 0.3) is 5.91 Å². The first kappa shape index (κ1) is 19.1. The molecule has 7 heteroatoms. The van der Waals surface area contributed by atoms with Crippen molar-refractivity contribution in [3.63, 3.8) is 0 Å². The fourth-order valence-corrected chi connectivity index (χ4v) is 3.82. The summed E-state index contributed by atoms with van der Waals surface area (Å²) in [5.41, 5.74) is 3.22. The van der Waals surface area contributed by atoms with Gasteiger partial charge in [-0.3, -0.25) is 9.48 Å². The lowest BCUT2D eigenvalue weighted by Gasteiger charge is -2.11. The van der Waals surface area contributed by atoms with E-state index in [4.69, 9.17) is 4.74 Å². The number of hydrogen-bond acceptors (Lipinski definition) is 5. The van der Waals surface area contributed by atoms with Crippen LogP contribution in [0.15, 0.2) is 30.3 Å². The van der Waals surface area contributed by atoms with Gasteiger partial charge in [0.15, 0.2) is 6.10 Å². The third-order valence-electron chi connectivity index (χ3n) is 4.27. The van der Waals surface area contributed by atoms with Gasteiger partial charge in [-0.2, -0.15) is 5.10 Å². The van der Waals surface area contributed by atoms with Crippen molar-refractivity contribution in [2.45, 2.75) is 40.3 Å². The largest absolute Gasteiger partial charge is 0.448 e. The summed E-state index contributed by atoms with van der Waals surface area (Å²) in [7, 11) is 0. The Morgan fingerprint density at radius 2 is 1.96 bits per heavy atom. The monoisotopic (exact) mass is 385 g/mol. The number of nitrogens with one attached hydrogen (secondary N) is 1. The van der Waals surface area contributed by atoms with Crippen LogP contribution >= 0.6 is 11.3 Å². The molecule has 0 unspecified atom stereocenters. The number of carbonyl (C=O) groups excluding carboxylic acids is 2. The zero-order valence-electron chi connectivity index (χ0n) is 15.9. The SMILES string of the molecule is CCNC(=O)[C@@H](C)OC(=O)c1cc2c(C)nn(Cc3ccc(C)cc3)c2s1. The van der Waals surface area contributed by atoms with Crippen LogP contribution in [0.2, 0.25) is 0 Å². The molecule has 1 N–H and O–H groups in total. The van der Waals surface area contributed by atoms with Crippen LogP contribution in [0.5, 0.6) is 0 Å². The first-order chi connectivity index (χ1) is 12.9. The molecule has 6 nitrogen and oxygen atoms in total. The summed E-state index contributed by atoms with van der Waals surface area (Å²) in [4.78, 5) is 25.6. The Bertz CT molecular complexity index is 972. The zero-order chi connectivity index (χ0) is 19.6. The number of nitrogens with zero attached hydrogens (tertiary/aromatic N) is 2. The van der Waals surface area contributed by atoms with Crippen LogP contribution in [0.3, 0.4) is 0 Å². The van der Waals surface area contributed by atoms with E-state index in [1.54, 1.807) is 13.0 Å². The maximum absolute atomic E-state index is 12.4. The first-order valence-corrected chi connectivity index (χ1v) is 9.72. The zero-order valence-corrected chi connectivity index (χ0v) is 16.7. The van der Waals surface area contributed by atoms with Crippen LogP contribution in [0.4, 0.5) is 0 Å². The van der Waals surface area contributed by atoms with Crippen molar-refractivity contribution >= 4 is 33.4 Å². The number of likely N-dealkylation sites (N-methyl/N-ethyl adjacent to an activating group) is 1. The molecule has 0 spiro atoms. The molecule has 0 fully saturated rings. The molecule has 142 valence electrons. The smallest absolute Gasteiger partial charge is 0.349 e. The summed E-state index contributed by atoms with van der Waals surface area (Å²) >= 11 is 1.34. The van der Waals surface area contributed by atoms with E-state index < -0.39 is 12.1 Å². The van der Waals surface area contributed by atoms with E-state index in [2.05, 4.69) is 41.6 Å². The third kappa shape index (κ3) is 4.19. The second-order valence-electron chi connectivity index (χ2n) is 6.50. The molecule has 1 aromatic carbocycles. The molecule has 0 bridgehead atoms. The Kier molecular flexibility index (Phi) is 5.60. The van der Waals surface area contributed by atoms with Crippen LogP contribution in [-0.4, -0.2) is 34.3 Å². The molecule has 0 aliphatic heterocycles. The Hall–Kier alpha value is -2.67. The normalized spacial score (nSPS) is 12.1. The van der Waals surface area contributed by atoms with Gasteiger partial charge in [0.2, 0.25) is 0 Å². The van der Waals surface area contributed by atoms with E-state index >= 15 is 0 Å². The van der Waals surface area contributed by atoms with Crippen LogP contribution in [0.25, 0.3) is 10.2 Å². The maximum Gasteiger partial charge on any atom is 0.349 e. The Morgan fingerprint density at radius 3 is 2.63 bits per heavy atom. The third-order valence-corrected chi connectivity index (χ3v) is 5.39. The fourth-order valence-electron chi connectivity index (χ4n) is 2.78. The number of aromatic nitrogens is 2. The molecule has 2 heterocycles. The topological polar surface area (TPSA) is 73.2 Å². The number of hydrogen-bond donors (Lipinski definition) is 1. The second kappa shape index (κ2) is 7.92. The molecule has 0 aliphatic carbocycles. The van der Waals surface area contributed by atoms with Gasteiger partial charge in [-0.1, -0.05) is 29.8 Å². The molecule has 0 aliphatic rings. The summed E-state index contributed by atoms with van der Waals surface area (Å²) in [5.74, 6) is -0.787. The Balaban J connectivity index is 1.81. The van der Waals surface area contributed by atoms with Crippen LogP contribution in [0, 0.1) is 13.8 Å². The summed E-state index contributed by atoms with van der Waals surface area (Å²) in [6.07, 6.45) is -0.826. The minimum absolute atomic E-state index is 0.298. The number of rotatable bonds is 6. The minimum Gasteiger partial charge on any atom is -0.448 e. The number of ether oxygens (including phenoxy) is 1. The lowest BCUT2D eigenvalue weighted by molar-refractivity contribution is -0.128. The van der Waals surface area contributed by atoms with Gasteiger partial charge < -0.3 is 10.1 Å². The first-order valence-electron chi connectivity index (χ1n) is 8.90. The summed E-state index contributed by atoms with van der Waals surface area (Å²) in [6.45, 7) is 8.50. The highest BCUT2D eigenvalue weighted by Crippen LogP contribution is 2.29. The average Bonchev–Trinajstić information content (AvgIpc) is 3.19. The van der Waals surface area contributed by atoms with E-state index in [0.717, 1.165) is 21.5 Å². The fraction of sp³-hybridized carbons (Fsp3) is 0.350. The molecule has 0 saturated heterocycles. The summed E-state index contributed by atoms with van der Waals surface area (Å²) in [5, 5.41) is 8.17. The quantitative estimate of drug-likeness (QED) is 0.660. The lowest BCUT2D eigenvalue weighted by Crippen LogP contribution is -2.35. The van der Waals surface area contributed by atoms with Gasteiger partial charge in [0, 0.05) is 11.9 Å². The Morgan fingerprint density at radius 1 is 1.26 bits per heavy atom. The van der Waals surface area contributed by atoms with Crippen molar-refractivity contribution in [3.8, 4) is 0 Å². The highest BCUT2D eigenvalue weighted by molar-refractivity contribution is 7.20. The van der Waals surface area contributed by atoms with Crippen LogP contribution in [0.1, 0.15) is 40.3 Å². The van der Waals surface area contributed by atoms with Gasteiger partial charge >= 0.3 is 5.97 Å².